The number of hydrogen-bond donors (Lipinski definition) is 2. The summed E-state index contributed by atoms with van der Waals surface area (Å²) in [5.41, 5.74) is 3.57. The van der Waals surface area contributed by atoms with E-state index < -0.39 is 0 Å². The first kappa shape index (κ1) is 19.6. The standard InChI is InChI=1S/C22H20ClN3O2/c1-15(27)17-4-8-19(9-5-17)26-22(28)21-11-10-20(14-25-21)24-13-12-16-2-6-18(23)7-3-16/h2-11,14,24H,12-13H2,1H3,(H,26,28). The predicted octanol–water partition coefficient (Wildman–Crippen LogP) is 4.84. The van der Waals surface area contributed by atoms with Crippen LogP contribution in [0.25, 0.3) is 0 Å². The van der Waals surface area contributed by atoms with Crippen molar-refractivity contribution in [3.05, 3.63) is 88.7 Å². The Morgan fingerprint density at radius 2 is 1.61 bits per heavy atom. The van der Waals surface area contributed by atoms with Crippen LogP contribution in [0.5, 0.6) is 0 Å². The minimum atomic E-state index is -0.303. The van der Waals surface area contributed by atoms with E-state index in [0.29, 0.717) is 16.9 Å². The van der Waals surface area contributed by atoms with Crippen molar-refractivity contribution in [1.82, 2.24) is 4.98 Å². The maximum absolute atomic E-state index is 12.3. The Kier molecular flexibility index (Phi) is 6.40. The van der Waals surface area contributed by atoms with Crippen LogP contribution in [-0.2, 0) is 6.42 Å². The molecule has 0 saturated heterocycles. The number of aromatic nitrogens is 1. The third-order valence-electron chi connectivity index (χ3n) is 4.20. The summed E-state index contributed by atoms with van der Waals surface area (Å²) >= 11 is 5.88. The molecule has 2 N–H and O–H groups in total. The molecular formula is C22H20ClN3O2. The van der Waals surface area contributed by atoms with Gasteiger partial charge in [0.25, 0.3) is 5.91 Å². The van der Waals surface area contributed by atoms with Gasteiger partial charge in [-0.15, -0.1) is 0 Å². The molecule has 0 aliphatic heterocycles. The van der Waals surface area contributed by atoms with Crippen molar-refractivity contribution in [2.24, 2.45) is 0 Å². The summed E-state index contributed by atoms with van der Waals surface area (Å²) in [4.78, 5) is 27.8. The number of carbonyl (C=O) groups excluding carboxylic acids is 2. The molecule has 28 heavy (non-hydrogen) atoms. The lowest BCUT2D eigenvalue weighted by Crippen LogP contribution is -2.14. The first-order chi connectivity index (χ1) is 13.5. The number of Topliss-reactive ketones (excluding diaryl/α,β-unsaturated/α-hetero) is 1. The van der Waals surface area contributed by atoms with Gasteiger partial charge in [0.2, 0.25) is 0 Å². The Labute approximate surface area is 168 Å². The number of carbonyl (C=O) groups is 2. The molecular weight excluding hydrogens is 374 g/mol. The number of pyridine rings is 1. The Bertz CT molecular complexity index is 953. The molecule has 3 rings (SSSR count). The van der Waals surface area contributed by atoms with E-state index in [0.717, 1.165) is 23.7 Å². The average Bonchev–Trinajstić information content (AvgIpc) is 2.70. The molecule has 142 valence electrons. The number of nitrogens with one attached hydrogen (secondary N) is 2. The van der Waals surface area contributed by atoms with E-state index in [4.69, 9.17) is 11.6 Å². The molecule has 0 fully saturated rings. The number of benzene rings is 2. The third-order valence-corrected chi connectivity index (χ3v) is 4.45. The van der Waals surface area contributed by atoms with Crippen molar-refractivity contribution in [1.29, 1.82) is 0 Å². The van der Waals surface area contributed by atoms with E-state index in [2.05, 4.69) is 15.6 Å². The quantitative estimate of drug-likeness (QED) is 0.563. The lowest BCUT2D eigenvalue weighted by atomic mass is 10.1. The van der Waals surface area contributed by atoms with Crippen LogP contribution in [0.1, 0.15) is 33.3 Å². The fourth-order valence-electron chi connectivity index (χ4n) is 2.62. The Morgan fingerprint density at radius 1 is 0.929 bits per heavy atom. The number of nitrogens with zero attached hydrogens (tertiary/aromatic N) is 1. The maximum atomic E-state index is 12.3. The van der Waals surface area contributed by atoms with Crippen LogP contribution >= 0.6 is 11.6 Å². The van der Waals surface area contributed by atoms with Gasteiger partial charge in [-0.25, -0.2) is 4.98 Å². The summed E-state index contributed by atoms with van der Waals surface area (Å²) in [5.74, 6) is -0.318. The maximum Gasteiger partial charge on any atom is 0.274 e. The van der Waals surface area contributed by atoms with Crippen LogP contribution in [0.4, 0.5) is 11.4 Å². The van der Waals surface area contributed by atoms with Crippen LogP contribution in [-0.4, -0.2) is 23.2 Å². The lowest BCUT2D eigenvalue weighted by molar-refractivity contribution is 0.101. The molecule has 0 atom stereocenters. The van der Waals surface area contributed by atoms with Crippen LogP contribution in [0.3, 0.4) is 0 Å². The number of amides is 1. The fraction of sp³-hybridized carbons (Fsp3) is 0.136. The normalized spacial score (nSPS) is 10.4. The molecule has 1 heterocycles. The summed E-state index contributed by atoms with van der Waals surface area (Å²) in [6.45, 7) is 2.25. The second-order valence-electron chi connectivity index (χ2n) is 6.32. The van der Waals surface area contributed by atoms with Crippen molar-refractivity contribution in [3.63, 3.8) is 0 Å². The van der Waals surface area contributed by atoms with Gasteiger partial charge in [-0.3, -0.25) is 9.59 Å². The summed E-state index contributed by atoms with van der Waals surface area (Å²) < 4.78 is 0. The van der Waals surface area contributed by atoms with Gasteiger partial charge in [-0.2, -0.15) is 0 Å². The van der Waals surface area contributed by atoms with Crippen molar-refractivity contribution >= 4 is 34.7 Å². The van der Waals surface area contributed by atoms with Crippen molar-refractivity contribution in [3.8, 4) is 0 Å². The second kappa shape index (κ2) is 9.15. The van der Waals surface area contributed by atoms with E-state index in [1.54, 1.807) is 36.5 Å². The Morgan fingerprint density at radius 3 is 2.21 bits per heavy atom. The van der Waals surface area contributed by atoms with Crippen LogP contribution < -0.4 is 10.6 Å². The average molecular weight is 394 g/mol. The molecule has 0 unspecified atom stereocenters. The van der Waals surface area contributed by atoms with Gasteiger partial charge in [-0.05, 0) is 67.4 Å². The number of anilines is 2. The minimum Gasteiger partial charge on any atom is -0.383 e. The molecule has 2 aromatic carbocycles. The van der Waals surface area contributed by atoms with E-state index in [9.17, 15) is 9.59 Å². The van der Waals surface area contributed by atoms with Gasteiger partial charge in [0.05, 0.1) is 11.9 Å². The van der Waals surface area contributed by atoms with E-state index in [1.165, 1.54) is 12.5 Å². The molecule has 0 bridgehead atoms. The molecule has 0 saturated carbocycles. The van der Waals surface area contributed by atoms with Gasteiger partial charge >= 0.3 is 0 Å². The second-order valence-corrected chi connectivity index (χ2v) is 6.76. The number of hydrogen-bond acceptors (Lipinski definition) is 4. The smallest absolute Gasteiger partial charge is 0.274 e. The highest BCUT2D eigenvalue weighted by Gasteiger charge is 2.08. The zero-order valence-electron chi connectivity index (χ0n) is 15.4. The summed E-state index contributed by atoms with van der Waals surface area (Å²) in [6, 6.07) is 18.0. The highest BCUT2D eigenvalue weighted by Crippen LogP contribution is 2.13. The number of rotatable bonds is 7. The van der Waals surface area contributed by atoms with Crippen molar-refractivity contribution in [2.75, 3.05) is 17.2 Å². The van der Waals surface area contributed by atoms with Crippen LogP contribution in [0.2, 0.25) is 5.02 Å². The summed E-state index contributed by atoms with van der Waals surface area (Å²) in [7, 11) is 0. The molecule has 6 heteroatoms. The highest BCUT2D eigenvalue weighted by atomic mass is 35.5. The zero-order chi connectivity index (χ0) is 19.9. The van der Waals surface area contributed by atoms with Gasteiger partial charge < -0.3 is 10.6 Å². The van der Waals surface area contributed by atoms with Gasteiger partial charge in [-0.1, -0.05) is 23.7 Å². The topological polar surface area (TPSA) is 71.1 Å². The van der Waals surface area contributed by atoms with Crippen molar-refractivity contribution in [2.45, 2.75) is 13.3 Å². The molecule has 0 spiro atoms. The largest absolute Gasteiger partial charge is 0.383 e. The van der Waals surface area contributed by atoms with Gasteiger partial charge in [0, 0.05) is 22.8 Å². The van der Waals surface area contributed by atoms with Crippen LogP contribution in [0, 0.1) is 0 Å². The molecule has 5 nitrogen and oxygen atoms in total. The molecule has 1 aromatic heterocycles. The summed E-state index contributed by atoms with van der Waals surface area (Å²) in [6.07, 6.45) is 2.49. The molecule has 1 amide bonds. The SMILES string of the molecule is CC(=O)c1ccc(NC(=O)c2ccc(NCCc3ccc(Cl)cc3)cn2)cc1. The predicted molar refractivity (Wildman–Crippen MR) is 112 cm³/mol. The van der Waals surface area contributed by atoms with Gasteiger partial charge in [0.15, 0.2) is 5.78 Å². The summed E-state index contributed by atoms with van der Waals surface area (Å²) in [5, 5.41) is 6.78. The molecule has 0 aliphatic carbocycles. The first-order valence-corrected chi connectivity index (χ1v) is 9.26. The fourth-order valence-corrected chi connectivity index (χ4v) is 2.74. The Balaban J connectivity index is 1.52. The zero-order valence-corrected chi connectivity index (χ0v) is 16.2. The molecule has 0 radical (unpaired) electrons. The highest BCUT2D eigenvalue weighted by molar-refractivity contribution is 6.30. The lowest BCUT2D eigenvalue weighted by Gasteiger charge is -2.08. The minimum absolute atomic E-state index is 0.0151. The number of halogens is 1. The molecule has 0 aliphatic rings. The van der Waals surface area contributed by atoms with E-state index >= 15 is 0 Å². The van der Waals surface area contributed by atoms with E-state index in [1.807, 2.05) is 30.3 Å². The van der Waals surface area contributed by atoms with E-state index in [-0.39, 0.29) is 11.7 Å². The van der Waals surface area contributed by atoms with Crippen LogP contribution in [0.15, 0.2) is 66.9 Å². The monoisotopic (exact) mass is 393 g/mol. The van der Waals surface area contributed by atoms with Gasteiger partial charge in [0.1, 0.15) is 5.69 Å². The Hall–Kier alpha value is -3.18. The first-order valence-electron chi connectivity index (χ1n) is 8.88. The molecule has 3 aromatic rings. The third kappa shape index (κ3) is 5.41. The number of ketones is 1. The van der Waals surface area contributed by atoms with Crippen molar-refractivity contribution < 1.29 is 9.59 Å².